The van der Waals surface area contributed by atoms with Gasteiger partial charge in [0.2, 0.25) is 0 Å². The van der Waals surface area contributed by atoms with Crippen molar-refractivity contribution in [2.24, 2.45) is 0 Å². The van der Waals surface area contributed by atoms with Crippen molar-refractivity contribution in [1.82, 2.24) is 10.2 Å². The molecule has 164 valence electrons. The summed E-state index contributed by atoms with van der Waals surface area (Å²) in [5.74, 6) is -0.0932. The maximum absolute atomic E-state index is 12.8. The van der Waals surface area contributed by atoms with Crippen LogP contribution in [-0.4, -0.2) is 36.0 Å². The monoisotopic (exact) mass is 511 g/mol. The van der Waals surface area contributed by atoms with Crippen LogP contribution in [0.4, 0.5) is 5.69 Å². The Morgan fingerprint density at radius 2 is 1.78 bits per heavy atom. The second kappa shape index (κ2) is 10.9. The Morgan fingerprint density at radius 1 is 1.03 bits per heavy atom. The van der Waals surface area contributed by atoms with Gasteiger partial charge in [0.1, 0.15) is 5.75 Å². The van der Waals surface area contributed by atoms with E-state index in [0.29, 0.717) is 29.1 Å². The summed E-state index contributed by atoms with van der Waals surface area (Å²) in [5.41, 5.74) is 2.49. The van der Waals surface area contributed by atoms with Crippen LogP contribution >= 0.6 is 28.1 Å². The first-order valence-corrected chi connectivity index (χ1v) is 10.9. The molecule has 3 rings (SSSR count). The van der Waals surface area contributed by atoms with Crippen molar-refractivity contribution in [3.8, 4) is 5.75 Å². The zero-order chi connectivity index (χ0) is 23.1. The summed E-state index contributed by atoms with van der Waals surface area (Å²) in [7, 11) is 3.25. The standard InChI is InChI=1S/C24H22BrN3O3S/c1-28(15-16-7-4-3-5-8-16)23(30)17-9-6-10-19(13-17)26-24(32)27-22(29)20-14-18(25)11-12-21(20)31-2/h3-14H,15H2,1-2H3,(H2,26,27,29,32). The van der Waals surface area contributed by atoms with Crippen molar-refractivity contribution in [1.29, 1.82) is 0 Å². The maximum atomic E-state index is 12.8. The number of methoxy groups -OCH3 is 1. The van der Waals surface area contributed by atoms with Crippen molar-refractivity contribution in [2.75, 3.05) is 19.5 Å². The lowest BCUT2D eigenvalue weighted by atomic mass is 10.1. The van der Waals surface area contributed by atoms with Gasteiger partial charge >= 0.3 is 0 Å². The lowest BCUT2D eigenvalue weighted by Gasteiger charge is -2.18. The predicted octanol–water partition coefficient (Wildman–Crippen LogP) is 4.86. The molecule has 0 saturated heterocycles. The van der Waals surface area contributed by atoms with E-state index in [2.05, 4.69) is 26.6 Å². The molecule has 0 aliphatic carbocycles. The number of anilines is 1. The van der Waals surface area contributed by atoms with Gasteiger partial charge in [-0.25, -0.2) is 0 Å². The molecule has 0 aliphatic heterocycles. The number of carbonyl (C=O) groups is 2. The minimum absolute atomic E-state index is 0.110. The van der Waals surface area contributed by atoms with E-state index in [4.69, 9.17) is 17.0 Å². The highest BCUT2D eigenvalue weighted by Crippen LogP contribution is 2.23. The molecule has 6 nitrogen and oxygen atoms in total. The molecule has 0 aromatic heterocycles. The highest BCUT2D eigenvalue weighted by molar-refractivity contribution is 9.10. The minimum Gasteiger partial charge on any atom is -0.496 e. The van der Waals surface area contributed by atoms with Gasteiger partial charge in [0, 0.05) is 29.3 Å². The molecule has 8 heteroatoms. The number of carbonyl (C=O) groups excluding carboxylic acids is 2. The summed E-state index contributed by atoms with van der Waals surface area (Å²) < 4.78 is 5.98. The van der Waals surface area contributed by atoms with Gasteiger partial charge in [0.15, 0.2) is 5.11 Å². The van der Waals surface area contributed by atoms with Crippen LogP contribution in [0.1, 0.15) is 26.3 Å². The van der Waals surface area contributed by atoms with Crippen LogP contribution in [0.2, 0.25) is 0 Å². The number of benzene rings is 3. The number of rotatable bonds is 6. The van der Waals surface area contributed by atoms with Gasteiger partial charge in [-0.1, -0.05) is 52.3 Å². The van der Waals surface area contributed by atoms with Crippen molar-refractivity contribution < 1.29 is 14.3 Å². The molecular formula is C24H22BrN3O3S. The molecule has 0 spiro atoms. The average Bonchev–Trinajstić information content (AvgIpc) is 2.79. The Labute approximate surface area is 200 Å². The molecule has 2 amide bonds. The van der Waals surface area contributed by atoms with Gasteiger partial charge in [0.25, 0.3) is 11.8 Å². The molecule has 0 atom stereocenters. The Bertz CT molecular complexity index is 1140. The number of ether oxygens (including phenoxy) is 1. The molecular weight excluding hydrogens is 490 g/mol. The summed E-state index contributed by atoms with van der Waals surface area (Å²) in [5, 5.41) is 5.70. The molecule has 0 bridgehead atoms. The predicted molar refractivity (Wildman–Crippen MR) is 133 cm³/mol. The topological polar surface area (TPSA) is 70.7 Å². The molecule has 0 heterocycles. The van der Waals surface area contributed by atoms with Crippen LogP contribution in [0.15, 0.2) is 77.3 Å². The highest BCUT2D eigenvalue weighted by Gasteiger charge is 2.16. The van der Waals surface area contributed by atoms with E-state index < -0.39 is 5.91 Å². The van der Waals surface area contributed by atoms with E-state index in [1.165, 1.54) is 7.11 Å². The number of halogens is 1. The lowest BCUT2D eigenvalue weighted by Crippen LogP contribution is -2.34. The zero-order valence-electron chi connectivity index (χ0n) is 17.6. The zero-order valence-corrected chi connectivity index (χ0v) is 20.0. The number of nitrogens with zero attached hydrogens (tertiary/aromatic N) is 1. The average molecular weight is 512 g/mol. The quantitative estimate of drug-likeness (QED) is 0.462. The number of hydrogen-bond acceptors (Lipinski definition) is 4. The van der Waals surface area contributed by atoms with Crippen LogP contribution in [0.5, 0.6) is 5.75 Å². The molecule has 0 fully saturated rings. The first-order valence-electron chi connectivity index (χ1n) is 9.72. The van der Waals surface area contributed by atoms with Crippen LogP contribution in [-0.2, 0) is 6.54 Å². The summed E-state index contributed by atoms with van der Waals surface area (Å²) in [6, 6.07) is 21.9. The fourth-order valence-electron chi connectivity index (χ4n) is 3.07. The largest absolute Gasteiger partial charge is 0.496 e. The molecule has 0 unspecified atom stereocenters. The maximum Gasteiger partial charge on any atom is 0.261 e. The van der Waals surface area contributed by atoms with Crippen molar-refractivity contribution in [3.05, 3.63) is 94.0 Å². The number of hydrogen-bond donors (Lipinski definition) is 2. The molecule has 0 saturated carbocycles. The van der Waals surface area contributed by atoms with Gasteiger partial charge < -0.3 is 15.0 Å². The van der Waals surface area contributed by atoms with E-state index in [0.717, 1.165) is 10.0 Å². The summed E-state index contributed by atoms with van der Waals surface area (Å²) in [6.07, 6.45) is 0. The minimum atomic E-state index is -0.407. The second-order valence-corrected chi connectivity index (χ2v) is 8.30. The van der Waals surface area contributed by atoms with Crippen LogP contribution in [0.3, 0.4) is 0 Å². The van der Waals surface area contributed by atoms with Gasteiger partial charge in [-0.2, -0.15) is 0 Å². The first kappa shape index (κ1) is 23.4. The summed E-state index contributed by atoms with van der Waals surface area (Å²) >= 11 is 8.63. The van der Waals surface area contributed by atoms with E-state index in [9.17, 15) is 9.59 Å². The van der Waals surface area contributed by atoms with Gasteiger partial charge in [-0.05, 0) is 54.2 Å². The number of amides is 2. The van der Waals surface area contributed by atoms with Gasteiger partial charge in [-0.15, -0.1) is 0 Å². The van der Waals surface area contributed by atoms with Crippen LogP contribution in [0, 0.1) is 0 Å². The molecule has 32 heavy (non-hydrogen) atoms. The van der Waals surface area contributed by atoms with Gasteiger partial charge in [0.05, 0.1) is 12.7 Å². The third kappa shape index (κ3) is 6.15. The molecule has 3 aromatic rings. The number of thiocarbonyl (C=S) groups is 1. The molecule has 0 aliphatic rings. The van der Waals surface area contributed by atoms with E-state index in [1.807, 2.05) is 30.3 Å². The highest BCUT2D eigenvalue weighted by atomic mass is 79.9. The second-order valence-electron chi connectivity index (χ2n) is 6.98. The SMILES string of the molecule is COc1ccc(Br)cc1C(=O)NC(=S)Nc1cccc(C(=O)N(C)Cc2ccccc2)c1. The van der Waals surface area contributed by atoms with Crippen molar-refractivity contribution >= 4 is 50.8 Å². The van der Waals surface area contributed by atoms with E-state index in [1.54, 1.807) is 54.4 Å². The molecule has 3 aromatic carbocycles. The van der Waals surface area contributed by atoms with Crippen molar-refractivity contribution in [3.63, 3.8) is 0 Å². The fraction of sp³-hybridized carbons (Fsp3) is 0.125. The lowest BCUT2D eigenvalue weighted by molar-refractivity contribution is 0.0785. The summed E-state index contributed by atoms with van der Waals surface area (Å²) in [4.78, 5) is 27.1. The summed E-state index contributed by atoms with van der Waals surface area (Å²) in [6.45, 7) is 0.500. The first-order chi connectivity index (χ1) is 15.4. The van der Waals surface area contributed by atoms with Crippen molar-refractivity contribution in [2.45, 2.75) is 6.54 Å². The Hall–Kier alpha value is -3.23. The third-order valence-electron chi connectivity index (χ3n) is 4.61. The number of nitrogens with one attached hydrogen (secondary N) is 2. The van der Waals surface area contributed by atoms with Gasteiger partial charge in [-0.3, -0.25) is 14.9 Å². The molecule has 0 radical (unpaired) electrons. The Balaban J connectivity index is 1.65. The Kier molecular flexibility index (Phi) is 7.97. The van der Waals surface area contributed by atoms with Crippen LogP contribution in [0.25, 0.3) is 0 Å². The van der Waals surface area contributed by atoms with E-state index >= 15 is 0 Å². The van der Waals surface area contributed by atoms with E-state index in [-0.39, 0.29) is 11.0 Å². The normalized spacial score (nSPS) is 10.2. The fourth-order valence-corrected chi connectivity index (χ4v) is 3.64. The molecule has 2 N–H and O–H groups in total. The smallest absolute Gasteiger partial charge is 0.261 e. The van der Waals surface area contributed by atoms with Crippen LogP contribution < -0.4 is 15.4 Å². The third-order valence-corrected chi connectivity index (χ3v) is 5.31. The Morgan fingerprint density at radius 3 is 2.50 bits per heavy atom.